The molecule has 0 amide bonds. The predicted molar refractivity (Wildman–Crippen MR) is 107 cm³/mol. The lowest BCUT2D eigenvalue weighted by atomic mass is 9.87. The molecule has 2 N–H and O–H groups in total. The smallest absolute Gasteiger partial charge is 0.317 e. The number of likely N-dealkylation sites (N-methyl/N-ethyl adjacent to an activating group) is 2. The third-order valence-electron chi connectivity index (χ3n) is 5.61. The zero-order valence-electron chi connectivity index (χ0n) is 17.7. The summed E-state index contributed by atoms with van der Waals surface area (Å²) < 4.78 is 0. The van der Waals surface area contributed by atoms with Gasteiger partial charge in [-0.25, -0.2) is 0 Å². The number of rotatable bonds is 12. The summed E-state index contributed by atoms with van der Waals surface area (Å²) in [5.41, 5.74) is 0. The Labute approximate surface area is 164 Å². The van der Waals surface area contributed by atoms with E-state index in [1.165, 1.54) is 6.42 Å². The van der Waals surface area contributed by atoms with Crippen LogP contribution in [0, 0.1) is 5.92 Å². The summed E-state index contributed by atoms with van der Waals surface area (Å²) in [6, 6.07) is 0.575. The molecule has 0 bridgehead atoms. The molecule has 1 rings (SSSR count). The van der Waals surface area contributed by atoms with Crippen LogP contribution in [0.1, 0.15) is 52.9 Å². The third-order valence-corrected chi connectivity index (χ3v) is 5.61. The molecule has 1 aliphatic carbocycles. The number of nitrogens with zero attached hydrogens (tertiary/aromatic N) is 3. The zero-order chi connectivity index (χ0) is 20.6. The molecule has 0 radical (unpaired) electrons. The Kier molecular flexibility index (Phi) is 10.3. The number of carboxylic acids is 2. The molecular formula is C20H39N3O4. The Morgan fingerprint density at radius 1 is 1.00 bits per heavy atom. The molecule has 0 heterocycles. The topological polar surface area (TPSA) is 84.3 Å². The molecule has 0 aromatic heterocycles. The van der Waals surface area contributed by atoms with Crippen LogP contribution >= 0.6 is 0 Å². The molecule has 0 aliphatic heterocycles. The van der Waals surface area contributed by atoms with E-state index in [0.29, 0.717) is 25.0 Å². The lowest BCUT2D eigenvalue weighted by molar-refractivity contribution is -0.142. The molecule has 7 heteroatoms. The second-order valence-corrected chi connectivity index (χ2v) is 8.45. The van der Waals surface area contributed by atoms with Crippen LogP contribution in [0.3, 0.4) is 0 Å². The molecule has 1 aliphatic rings. The average molecular weight is 386 g/mol. The molecule has 0 aromatic carbocycles. The molecule has 0 aromatic rings. The Balaban J connectivity index is 3.06. The Morgan fingerprint density at radius 3 is 2.00 bits per heavy atom. The summed E-state index contributed by atoms with van der Waals surface area (Å²) in [4.78, 5) is 29.2. The van der Waals surface area contributed by atoms with E-state index in [4.69, 9.17) is 0 Å². The lowest BCUT2D eigenvalue weighted by Crippen LogP contribution is -2.56. The maximum atomic E-state index is 11.6. The monoisotopic (exact) mass is 385 g/mol. The standard InChI is InChI=1S/C20H39N3O4/c1-6-22(13-19(24)25)16(11-15(2)3)12-23(14-20(26)27)18-10-8-7-9-17(18)21(4)5/h15-18H,6-14H2,1-5H3,(H,24,25)(H,26,27). The van der Waals surface area contributed by atoms with E-state index in [1.807, 2.05) is 11.8 Å². The molecule has 7 nitrogen and oxygen atoms in total. The van der Waals surface area contributed by atoms with Crippen LogP contribution in [-0.4, -0.2) is 95.3 Å². The highest BCUT2D eigenvalue weighted by molar-refractivity contribution is 5.69. The van der Waals surface area contributed by atoms with Crippen molar-refractivity contribution >= 4 is 11.9 Å². The fourth-order valence-electron chi connectivity index (χ4n) is 4.44. The SMILES string of the molecule is CCN(CC(=O)O)C(CC(C)C)CN(CC(=O)O)C1CCCCC1N(C)C. The van der Waals surface area contributed by atoms with Gasteiger partial charge < -0.3 is 15.1 Å². The van der Waals surface area contributed by atoms with Crippen LogP contribution in [0.2, 0.25) is 0 Å². The van der Waals surface area contributed by atoms with Crippen LogP contribution in [0.4, 0.5) is 0 Å². The summed E-state index contributed by atoms with van der Waals surface area (Å²) in [5.74, 6) is -1.23. The normalized spacial score (nSPS) is 22.0. The van der Waals surface area contributed by atoms with Gasteiger partial charge in [-0.2, -0.15) is 0 Å². The lowest BCUT2D eigenvalue weighted by Gasteiger charge is -2.44. The van der Waals surface area contributed by atoms with Crippen molar-refractivity contribution in [3.05, 3.63) is 0 Å². The Morgan fingerprint density at radius 2 is 1.56 bits per heavy atom. The maximum absolute atomic E-state index is 11.6. The van der Waals surface area contributed by atoms with E-state index in [-0.39, 0.29) is 25.2 Å². The van der Waals surface area contributed by atoms with Gasteiger partial charge in [0.1, 0.15) is 0 Å². The summed E-state index contributed by atoms with van der Waals surface area (Å²) in [5, 5.41) is 18.8. The minimum atomic E-state index is -0.834. The van der Waals surface area contributed by atoms with E-state index in [1.54, 1.807) is 0 Å². The number of carboxylic acid groups (broad SMARTS) is 2. The molecule has 1 saturated carbocycles. The van der Waals surface area contributed by atoms with E-state index in [2.05, 4.69) is 37.7 Å². The van der Waals surface area contributed by atoms with Crippen molar-refractivity contribution in [2.75, 3.05) is 40.3 Å². The van der Waals surface area contributed by atoms with E-state index in [9.17, 15) is 19.8 Å². The van der Waals surface area contributed by atoms with Crippen LogP contribution < -0.4 is 0 Å². The second-order valence-electron chi connectivity index (χ2n) is 8.45. The maximum Gasteiger partial charge on any atom is 0.317 e. The second kappa shape index (κ2) is 11.6. The molecule has 158 valence electrons. The van der Waals surface area contributed by atoms with Gasteiger partial charge in [-0.15, -0.1) is 0 Å². The van der Waals surface area contributed by atoms with Crippen LogP contribution in [0.15, 0.2) is 0 Å². The molecule has 27 heavy (non-hydrogen) atoms. The first kappa shape index (κ1) is 23.9. The summed E-state index contributed by atoms with van der Waals surface area (Å²) in [6.07, 6.45) is 5.23. The average Bonchev–Trinajstić information content (AvgIpc) is 2.57. The van der Waals surface area contributed by atoms with Crippen molar-refractivity contribution in [3.63, 3.8) is 0 Å². The van der Waals surface area contributed by atoms with Gasteiger partial charge in [0.15, 0.2) is 0 Å². The van der Waals surface area contributed by atoms with Gasteiger partial charge in [-0.1, -0.05) is 33.6 Å². The molecular weight excluding hydrogens is 346 g/mol. The summed E-state index contributed by atoms with van der Waals surface area (Å²) in [6.45, 7) is 7.48. The zero-order valence-corrected chi connectivity index (χ0v) is 17.7. The highest BCUT2D eigenvalue weighted by Gasteiger charge is 2.34. The number of carbonyl (C=O) groups is 2. The number of aliphatic carboxylic acids is 2. The summed E-state index contributed by atoms with van der Waals surface area (Å²) >= 11 is 0. The van der Waals surface area contributed by atoms with E-state index in [0.717, 1.165) is 25.7 Å². The van der Waals surface area contributed by atoms with Crippen molar-refractivity contribution in [2.24, 2.45) is 5.92 Å². The number of hydrogen-bond donors (Lipinski definition) is 2. The Hall–Kier alpha value is -1.18. The number of hydrogen-bond acceptors (Lipinski definition) is 5. The highest BCUT2D eigenvalue weighted by atomic mass is 16.4. The van der Waals surface area contributed by atoms with Crippen molar-refractivity contribution < 1.29 is 19.8 Å². The van der Waals surface area contributed by atoms with Gasteiger partial charge in [-0.3, -0.25) is 19.4 Å². The van der Waals surface area contributed by atoms with Crippen molar-refractivity contribution in [2.45, 2.75) is 71.0 Å². The first-order chi connectivity index (χ1) is 12.6. The molecule has 3 atom stereocenters. The predicted octanol–water partition coefficient (Wildman–Crippen LogP) is 2.07. The quantitative estimate of drug-likeness (QED) is 0.532. The highest BCUT2D eigenvalue weighted by Crippen LogP contribution is 2.27. The van der Waals surface area contributed by atoms with Gasteiger partial charge in [0.2, 0.25) is 0 Å². The van der Waals surface area contributed by atoms with Gasteiger partial charge in [0, 0.05) is 24.7 Å². The van der Waals surface area contributed by atoms with Crippen LogP contribution in [-0.2, 0) is 9.59 Å². The van der Waals surface area contributed by atoms with Crippen molar-refractivity contribution in [1.29, 1.82) is 0 Å². The van der Waals surface area contributed by atoms with Gasteiger partial charge in [0.05, 0.1) is 13.1 Å². The minimum absolute atomic E-state index is 0.00340. The third kappa shape index (κ3) is 8.15. The molecule has 1 fully saturated rings. The fraction of sp³-hybridized carbons (Fsp3) is 0.900. The first-order valence-corrected chi connectivity index (χ1v) is 10.2. The van der Waals surface area contributed by atoms with E-state index < -0.39 is 11.9 Å². The van der Waals surface area contributed by atoms with Crippen LogP contribution in [0.5, 0.6) is 0 Å². The summed E-state index contributed by atoms with van der Waals surface area (Å²) in [7, 11) is 4.13. The van der Waals surface area contributed by atoms with Gasteiger partial charge >= 0.3 is 11.9 Å². The largest absolute Gasteiger partial charge is 0.480 e. The minimum Gasteiger partial charge on any atom is -0.480 e. The Bertz CT molecular complexity index is 470. The molecule has 0 spiro atoms. The van der Waals surface area contributed by atoms with Gasteiger partial charge in [0.25, 0.3) is 0 Å². The molecule has 3 unspecified atom stereocenters. The van der Waals surface area contributed by atoms with Crippen molar-refractivity contribution in [3.8, 4) is 0 Å². The van der Waals surface area contributed by atoms with Crippen molar-refractivity contribution in [1.82, 2.24) is 14.7 Å². The van der Waals surface area contributed by atoms with Gasteiger partial charge in [-0.05, 0) is 45.8 Å². The molecule has 0 saturated heterocycles. The van der Waals surface area contributed by atoms with Crippen LogP contribution in [0.25, 0.3) is 0 Å². The first-order valence-electron chi connectivity index (χ1n) is 10.2. The fourth-order valence-corrected chi connectivity index (χ4v) is 4.44. The van der Waals surface area contributed by atoms with E-state index >= 15 is 0 Å².